The predicted molar refractivity (Wildman–Crippen MR) is 63.2 cm³/mol. The van der Waals surface area contributed by atoms with Gasteiger partial charge in [0.1, 0.15) is 12.4 Å². The van der Waals surface area contributed by atoms with Crippen molar-refractivity contribution in [2.75, 3.05) is 13.7 Å². The largest absolute Gasteiger partial charge is 0.481 e. The molecule has 0 unspecified atom stereocenters. The van der Waals surface area contributed by atoms with E-state index in [1.807, 2.05) is 25.2 Å². The highest BCUT2D eigenvalue weighted by Gasteiger charge is 2.03. The number of hydrogen-bond acceptors (Lipinski definition) is 2. The highest BCUT2D eigenvalue weighted by atomic mass is 35.5. The Morgan fingerprint density at radius 2 is 2.27 bits per heavy atom. The van der Waals surface area contributed by atoms with E-state index in [0.717, 1.165) is 17.9 Å². The van der Waals surface area contributed by atoms with Crippen molar-refractivity contribution in [3.05, 3.63) is 28.8 Å². The lowest BCUT2D eigenvalue weighted by Gasteiger charge is -2.09. The summed E-state index contributed by atoms with van der Waals surface area (Å²) in [6.07, 6.45) is 0. The first-order valence-corrected chi connectivity index (χ1v) is 5.11. The molecule has 1 rings (SSSR count). The first kappa shape index (κ1) is 11.9. The SMILES string of the molecule is CC#CCOc1ccc(Cl)cc1CNC. The third-order valence-electron chi connectivity index (χ3n) is 1.87. The van der Waals surface area contributed by atoms with E-state index in [2.05, 4.69) is 17.2 Å². The fourth-order valence-corrected chi connectivity index (χ4v) is 1.40. The van der Waals surface area contributed by atoms with Gasteiger partial charge in [0.15, 0.2) is 0 Å². The molecule has 3 heteroatoms. The molecule has 1 aromatic carbocycles. The molecule has 80 valence electrons. The second-order valence-corrected chi connectivity index (χ2v) is 3.43. The lowest BCUT2D eigenvalue weighted by atomic mass is 10.2. The van der Waals surface area contributed by atoms with Crippen molar-refractivity contribution in [1.82, 2.24) is 5.32 Å². The molecule has 0 spiro atoms. The van der Waals surface area contributed by atoms with Gasteiger partial charge in [-0.2, -0.15) is 0 Å². The normalized spacial score (nSPS) is 9.27. The summed E-state index contributed by atoms with van der Waals surface area (Å²) in [4.78, 5) is 0. The highest BCUT2D eigenvalue weighted by molar-refractivity contribution is 6.30. The van der Waals surface area contributed by atoms with Crippen LogP contribution in [0, 0.1) is 11.8 Å². The fourth-order valence-electron chi connectivity index (χ4n) is 1.20. The summed E-state index contributed by atoms with van der Waals surface area (Å²) in [5.74, 6) is 6.47. The maximum absolute atomic E-state index is 5.90. The average Bonchev–Trinajstić information content (AvgIpc) is 2.22. The molecular weight excluding hydrogens is 210 g/mol. The Labute approximate surface area is 95.6 Å². The molecule has 0 aliphatic carbocycles. The van der Waals surface area contributed by atoms with Gasteiger partial charge < -0.3 is 10.1 Å². The minimum absolute atomic E-state index is 0.412. The Morgan fingerprint density at radius 3 is 2.93 bits per heavy atom. The molecule has 0 aliphatic heterocycles. The van der Waals surface area contributed by atoms with Gasteiger partial charge in [0.2, 0.25) is 0 Å². The van der Waals surface area contributed by atoms with Gasteiger partial charge in [0.05, 0.1) is 0 Å². The molecular formula is C12H14ClNO. The smallest absolute Gasteiger partial charge is 0.149 e. The monoisotopic (exact) mass is 223 g/mol. The number of rotatable bonds is 4. The van der Waals surface area contributed by atoms with Crippen LogP contribution in [0.25, 0.3) is 0 Å². The minimum Gasteiger partial charge on any atom is -0.481 e. The van der Waals surface area contributed by atoms with E-state index in [9.17, 15) is 0 Å². The summed E-state index contributed by atoms with van der Waals surface area (Å²) in [7, 11) is 1.89. The lowest BCUT2D eigenvalue weighted by Crippen LogP contribution is -2.07. The zero-order valence-corrected chi connectivity index (χ0v) is 9.69. The molecule has 15 heavy (non-hydrogen) atoms. The van der Waals surface area contributed by atoms with Crippen molar-refractivity contribution in [3.63, 3.8) is 0 Å². The van der Waals surface area contributed by atoms with Gasteiger partial charge >= 0.3 is 0 Å². The van der Waals surface area contributed by atoms with Crippen molar-refractivity contribution in [1.29, 1.82) is 0 Å². The Morgan fingerprint density at radius 1 is 1.47 bits per heavy atom. The first-order valence-electron chi connectivity index (χ1n) is 4.73. The molecule has 0 heterocycles. The molecule has 0 saturated carbocycles. The minimum atomic E-state index is 0.412. The molecule has 0 radical (unpaired) electrons. The van der Waals surface area contributed by atoms with E-state index in [4.69, 9.17) is 16.3 Å². The van der Waals surface area contributed by atoms with E-state index in [1.165, 1.54) is 0 Å². The zero-order chi connectivity index (χ0) is 11.1. The summed E-state index contributed by atoms with van der Waals surface area (Å²) in [6.45, 7) is 2.93. The summed E-state index contributed by atoms with van der Waals surface area (Å²) in [5, 5.41) is 3.78. The summed E-state index contributed by atoms with van der Waals surface area (Å²) in [6, 6.07) is 5.58. The van der Waals surface area contributed by atoms with Crippen molar-refractivity contribution in [2.45, 2.75) is 13.5 Å². The maximum Gasteiger partial charge on any atom is 0.149 e. The molecule has 2 nitrogen and oxygen atoms in total. The third kappa shape index (κ3) is 3.83. The van der Waals surface area contributed by atoms with Crippen LogP contribution in [0.1, 0.15) is 12.5 Å². The van der Waals surface area contributed by atoms with Crippen LogP contribution in [-0.4, -0.2) is 13.7 Å². The van der Waals surface area contributed by atoms with Crippen LogP contribution >= 0.6 is 11.6 Å². The van der Waals surface area contributed by atoms with Gasteiger partial charge in [-0.1, -0.05) is 17.5 Å². The predicted octanol–water partition coefficient (Wildman–Crippen LogP) is 2.46. The van der Waals surface area contributed by atoms with E-state index in [1.54, 1.807) is 6.92 Å². The Balaban J connectivity index is 2.78. The summed E-state index contributed by atoms with van der Waals surface area (Å²) < 4.78 is 5.51. The van der Waals surface area contributed by atoms with Gasteiger partial charge in [0, 0.05) is 17.1 Å². The number of hydrogen-bond donors (Lipinski definition) is 1. The van der Waals surface area contributed by atoms with Crippen molar-refractivity contribution in [3.8, 4) is 17.6 Å². The van der Waals surface area contributed by atoms with Gasteiger partial charge in [-0.15, -0.1) is 5.92 Å². The van der Waals surface area contributed by atoms with Gasteiger partial charge in [0.25, 0.3) is 0 Å². The second kappa shape index (κ2) is 6.34. The zero-order valence-electron chi connectivity index (χ0n) is 8.93. The Bertz CT molecular complexity index is 379. The number of nitrogens with one attached hydrogen (secondary N) is 1. The van der Waals surface area contributed by atoms with E-state index in [0.29, 0.717) is 11.6 Å². The van der Waals surface area contributed by atoms with Crippen LogP contribution in [0.2, 0.25) is 5.02 Å². The molecule has 0 bridgehead atoms. The van der Waals surface area contributed by atoms with E-state index in [-0.39, 0.29) is 0 Å². The number of halogens is 1. The molecule has 0 aromatic heterocycles. The molecule has 0 atom stereocenters. The first-order chi connectivity index (χ1) is 7.27. The molecule has 0 saturated heterocycles. The van der Waals surface area contributed by atoms with Gasteiger partial charge in [-0.3, -0.25) is 0 Å². The molecule has 0 aliphatic rings. The van der Waals surface area contributed by atoms with Crippen LogP contribution in [0.5, 0.6) is 5.75 Å². The standard InChI is InChI=1S/C12H14ClNO/c1-3-4-7-15-12-6-5-11(13)8-10(12)9-14-2/h5-6,8,14H,7,9H2,1-2H3. The molecule has 1 N–H and O–H groups in total. The van der Waals surface area contributed by atoms with Crippen LogP contribution in [0.4, 0.5) is 0 Å². The Hall–Kier alpha value is -1.17. The molecule has 0 fully saturated rings. The van der Waals surface area contributed by atoms with Crippen LogP contribution < -0.4 is 10.1 Å². The maximum atomic E-state index is 5.90. The van der Waals surface area contributed by atoms with Crippen molar-refractivity contribution >= 4 is 11.6 Å². The van der Waals surface area contributed by atoms with Crippen molar-refractivity contribution in [2.24, 2.45) is 0 Å². The summed E-state index contributed by atoms with van der Waals surface area (Å²) >= 11 is 5.90. The average molecular weight is 224 g/mol. The third-order valence-corrected chi connectivity index (χ3v) is 2.10. The van der Waals surface area contributed by atoms with E-state index < -0.39 is 0 Å². The van der Waals surface area contributed by atoms with Gasteiger partial charge in [-0.05, 0) is 32.2 Å². The Kier molecular flexibility index (Phi) is 5.03. The molecule has 0 amide bonds. The number of benzene rings is 1. The van der Waals surface area contributed by atoms with E-state index >= 15 is 0 Å². The fraction of sp³-hybridized carbons (Fsp3) is 0.333. The van der Waals surface area contributed by atoms with Crippen LogP contribution in [-0.2, 0) is 6.54 Å². The number of ether oxygens (including phenoxy) is 1. The highest BCUT2D eigenvalue weighted by Crippen LogP contribution is 2.22. The topological polar surface area (TPSA) is 21.3 Å². The lowest BCUT2D eigenvalue weighted by molar-refractivity contribution is 0.365. The van der Waals surface area contributed by atoms with Crippen LogP contribution in [0.3, 0.4) is 0 Å². The second-order valence-electron chi connectivity index (χ2n) is 3.00. The molecule has 1 aromatic rings. The van der Waals surface area contributed by atoms with Gasteiger partial charge in [-0.25, -0.2) is 0 Å². The van der Waals surface area contributed by atoms with Crippen molar-refractivity contribution < 1.29 is 4.74 Å². The van der Waals surface area contributed by atoms with Crippen LogP contribution in [0.15, 0.2) is 18.2 Å². The quantitative estimate of drug-likeness (QED) is 0.792. The summed E-state index contributed by atoms with van der Waals surface area (Å²) in [5.41, 5.74) is 1.04.